The lowest BCUT2D eigenvalue weighted by atomic mass is 10.0. The summed E-state index contributed by atoms with van der Waals surface area (Å²) < 4.78 is 6.13. The number of rotatable bonds is 6. The summed E-state index contributed by atoms with van der Waals surface area (Å²) in [4.78, 5) is 12.6. The Balaban J connectivity index is 1.90. The first-order chi connectivity index (χ1) is 13.1. The third-order valence-electron chi connectivity index (χ3n) is 3.97. The summed E-state index contributed by atoms with van der Waals surface area (Å²) in [7, 11) is 0. The Morgan fingerprint density at radius 3 is 2.63 bits per heavy atom. The van der Waals surface area contributed by atoms with Crippen molar-refractivity contribution in [3.63, 3.8) is 0 Å². The maximum Gasteiger partial charge on any atom is 0.220 e. The molecule has 0 saturated heterocycles. The zero-order valence-corrected chi connectivity index (χ0v) is 15.3. The molecule has 0 atom stereocenters. The molecule has 2 aromatic heterocycles. The Morgan fingerprint density at radius 2 is 1.93 bits per heavy atom. The zero-order valence-electron chi connectivity index (χ0n) is 15.3. The molecule has 6 heteroatoms. The van der Waals surface area contributed by atoms with Crippen LogP contribution in [0.2, 0.25) is 0 Å². The number of nitrogens with zero attached hydrogens (tertiary/aromatic N) is 3. The van der Waals surface area contributed by atoms with Crippen molar-refractivity contribution >= 4 is 11.6 Å². The SMILES string of the molecule is C#Cc1cc(Oc2cnc(N)nc2CNc2ccccc2)c(C(C)C)cn1. The van der Waals surface area contributed by atoms with Gasteiger partial charge in [-0.25, -0.2) is 15.0 Å². The van der Waals surface area contributed by atoms with E-state index in [1.807, 2.05) is 30.3 Å². The van der Waals surface area contributed by atoms with Crippen molar-refractivity contribution in [2.45, 2.75) is 26.3 Å². The van der Waals surface area contributed by atoms with Gasteiger partial charge in [0.05, 0.1) is 12.7 Å². The Morgan fingerprint density at radius 1 is 1.15 bits per heavy atom. The number of ether oxygens (including phenoxy) is 1. The number of nitrogens with two attached hydrogens (primary N) is 1. The van der Waals surface area contributed by atoms with Crippen LogP contribution >= 0.6 is 0 Å². The lowest BCUT2D eigenvalue weighted by Crippen LogP contribution is -2.08. The van der Waals surface area contributed by atoms with E-state index in [4.69, 9.17) is 16.9 Å². The van der Waals surface area contributed by atoms with Gasteiger partial charge in [-0.05, 0) is 18.1 Å². The molecule has 0 aliphatic rings. The summed E-state index contributed by atoms with van der Waals surface area (Å²) in [6.45, 7) is 4.57. The number of aromatic nitrogens is 3. The third kappa shape index (κ3) is 4.53. The minimum atomic E-state index is 0.190. The van der Waals surface area contributed by atoms with Gasteiger partial charge in [0.2, 0.25) is 5.95 Å². The molecule has 0 spiro atoms. The highest BCUT2D eigenvalue weighted by Gasteiger charge is 2.14. The Bertz CT molecular complexity index is 964. The number of hydrogen-bond acceptors (Lipinski definition) is 6. The van der Waals surface area contributed by atoms with Crippen LogP contribution in [-0.2, 0) is 6.54 Å². The molecule has 0 aliphatic carbocycles. The van der Waals surface area contributed by atoms with Gasteiger partial charge in [-0.3, -0.25) is 0 Å². The van der Waals surface area contributed by atoms with Gasteiger partial charge in [-0.1, -0.05) is 38.0 Å². The van der Waals surface area contributed by atoms with Crippen LogP contribution < -0.4 is 15.8 Å². The second-order valence-electron chi connectivity index (χ2n) is 6.27. The molecule has 0 radical (unpaired) electrons. The van der Waals surface area contributed by atoms with Crippen LogP contribution in [0.3, 0.4) is 0 Å². The van der Waals surface area contributed by atoms with Gasteiger partial charge in [0.25, 0.3) is 0 Å². The number of hydrogen-bond donors (Lipinski definition) is 2. The van der Waals surface area contributed by atoms with Crippen LogP contribution in [0.5, 0.6) is 11.5 Å². The Labute approximate surface area is 158 Å². The van der Waals surface area contributed by atoms with Gasteiger partial charge in [-0.2, -0.15) is 0 Å². The van der Waals surface area contributed by atoms with Crippen molar-refractivity contribution in [3.8, 4) is 23.8 Å². The molecule has 2 heterocycles. The number of pyridine rings is 1. The molecule has 0 bridgehead atoms. The molecule has 0 saturated carbocycles. The fourth-order valence-corrected chi connectivity index (χ4v) is 2.54. The normalized spacial score (nSPS) is 10.4. The Hall–Kier alpha value is -3.59. The minimum Gasteiger partial charge on any atom is -0.453 e. The van der Waals surface area contributed by atoms with Gasteiger partial charge in [-0.15, -0.1) is 6.42 Å². The van der Waals surface area contributed by atoms with E-state index >= 15 is 0 Å². The molecule has 27 heavy (non-hydrogen) atoms. The van der Waals surface area contributed by atoms with Crippen LogP contribution in [0.4, 0.5) is 11.6 Å². The monoisotopic (exact) mass is 359 g/mol. The van der Waals surface area contributed by atoms with Crippen molar-refractivity contribution in [2.75, 3.05) is 11.1 Å². The fourth-order valence-electron chi connectivity index (χ4n) is 2.54. The largest absolute Gasteiger partial charge is 0.453 e. The molecule has 3 aromatic rings. The number of anilines is 2. The molecular weight excluding hydrogens is 338 g/mol. The quantitative estimate of drug-likeness (QED) is 0.648. The maximum atomic E-state index is 6.13. The molecule has 3 N–H and O–H groups in total. The summed E-state index contributed by atoms with van der Waals surface area (Å²) in [6.07, 6.45) is 8.80. The molecule has 136 valence electrons. The first-order valence-corrected chi connectivity index (χ1v) is 8.61. The maximum absolute atomic E-state index is 6.13. The van der Waals surface area contributed by atoms with Crippen LogP contribution in [0, 0.1) is 12.3 Å². The highest BCUT2D eigenvalue weighted by atomic mass is 16.5. The van der Waals surface area contributed by atoms with Gasteiger partial charge in [0, 0.05) is 23.5 Å². The fraction of sp³-hybridized carbons (Fsp3) is 0.190. The van der Waals surface area contributed by atoms with E-state index in [9.17, 15) is 0 Å². The lowest BCUT2D eigenvalue weighted by molar-refractivity contribution is 0.461. The smallest absolute Gasteiger partial charge is 0.220 e. The number of nitrogen functional groups attached to an aromatic ring is 1. The van der Waals surface area contributed by atoms with Gasteiger partial charge >= 0.3 is 0 Å². The summed E-state index contributed by atoms with van der Waals surface area (Å²) in [6, 6.07) is 11.6. The lowest BCUT2D eigenvalue weighted by Gasteiger charge is -2.16. The second kappa shape index (κ2) is 8.19. The molecule has 0 fully saturated rings. The van der Waals surface area contributed by atoms with Crippen LogP contribution in [0.15, 0.2) is 48.8 Å². The molecule has 6 nitrogen and oxygen atoms in total. The molecule has 3 rings (SSSR count). The van der Waals surface area contributed by atoms with Crippen LogP contribution in [0.25, 0.3) is 0 Å². The van der Waals surface area contributed by atoms with Crippen LogP contribution in [-0.4, -0.2) is 15.0 Å². The van der Waals surface area contributed by atoms with Gasteiger partial charge in [0.1, 0.15) is 17.1 Å². The average molecular weight is 359 g/mol. The van der Waals surface area contributed by atoms with Crippen molar-refractivity contribution in [1.29, 1.82) is 0 Å². The Kier molecular flexibility index (Phi) is 5.53. The summed E-state index contributed by atoms with van der Waals surface area (Å²) in [5.41, 5.74) is 8.86. The predicted molar refractivity (Wildman–Crippen MR) is 107 cm³/mol. The highest BCUT2D eigenvalue weighted by Crippen LogP contribution is 2.32. The highest BCUT2D eigenvalue weighted by molar-refractivity contribution is 5.46. The first kappa shape index (κ1) is 18.2. The predicted octanol–water partition coefficient (Wildman–Crippen LogP) is 3.96. The third-order valence-corrected chi connectivity index (χ3v) is 3.97. The van der Waals surface area contributed by atoms with Gasteiger partial charge < -0.3 is 15.8 Å². The number of nitrogens with one attached hydrogen (secondary N) is 1. The summed E-state index contributed by atoms with van der Waals surface area (Å²) in [5, 5.41) is 3.30. The van der Waals surface area contributed by atoms with E-state index in [1.165, 1.54) is 0 Å². The molecule has 0 aliphatic heterocycles. The summed E-state index contributed by atoms with van der Waals surface area (Å²) >= 11 is 0. The molecule has 0 amide bonds. The molecule has 0 unspecified atom stereocenters. The van der Waals surface area contributed by atoms with E-state index in [2.05, 4.69) is 40.0 Å². The number of benzene rings is 1. The average Bonchev–Trinajstić information content (AvgIpc) is 2.68. The number of terminal acetylenes is 1. The van der Waals surface area contributed by atoms with E-state index < -0.39 is 0 Å². The minimum absolute atomic E-state index is 0.190. The number of para-hydroxylation sites is 1. The van der Waals surface area contributed by atoms with E-state index in [-0.39, 0.29) is 11.9 Å². The topological polar surface area (TPSA) is 86.0 Å². The van der Waals surface area contributed by atoms with Crippen molar-refractivity contribution in [2.24, 2.45) is 0 Å². The van der Waals surface area contributed by atoms with Crippen molar-refractivity contribution in [1.82, 2.24) is 15.0 Å². The van der Waals surface area contributed by atoms with Crippen LogP contribution in [0.1, 0.15) is 36.7 Å². The van der Waals surface area contributed by atoms with Crippen molar-refractivity contribution in [3.05, 3.63) is 65.7 Å². The second-order valence-corrected chi connectivity index (χ2v) is 6.27. The molecule has 1 aromatic carbocycles. The summed E-state index contributed by atoms with van der Waals surface area (Å²) in [5.74, 6) is 4.11. The van der Waals surface area contributed by atoms with Crippen molar-refractivity contribution < 1.29 is 4.74 Å². The van der Waals surface area contributed by atoms with E-state index in [0.717, 1.165) is 11.3 Å². The zero-order chi connectivity index (χ0) is 19.2. The molecular formula is C21H21N5O. The van der Waals surface area contributed by atoms with E-state index in [1.54, 1.807) is 18.5 Å². The first-order valence-electron chi connectivity index (χ1n) is 8.61. The van der Waals surface area contributed by atoms with Gasteiger partial charge in [0.15, 0.2) is 5.75 Å². The standard InChI is InChI=1S/C21H21N5O/c1-4-15-10-19(17(11-23-15)14(2)3)27-20-13-25-21(22)26-18(20)12-24-16-8-6-5-7-9-16/h1,5-11,13-14,24H,12H2,2-3H3,(H2,22,25,26). The van der Waals surface area contributed by atoms with E-state index in [0.29, 0.717) is 29.4 Å².